The van der Waals surface area contributed by atoms with Gasteiger partial charge in [0.05, 0.1) is 12.4 Å². The molecule has 1 rings (SSSR count). The predicted molar refractivity (Wildman–Crippen MR) is 59.3 cm³/mol. The van der Waals surface area contributed by atoms with E-state index in [0.29, 0.717) is 6.61 Å². The minimum Gasteiger partial charge on any atom is -0.494 e. The van der Waals surface area contributed by atoms with Crippen molar-refractivity contribution in [2.24, 2.45) is 0 Å². The molecule has 15 heavy (non-hydrogen) atoms. The molecule has 1 aromatic rings. The molecule has 0 heterocycles. The second-order valence-electron chi connectivity index (χ2n) is 3.04. The smallest absolute Gasteiger partial charge is 0.215 e. The fourth-order valence-electron chi connectivity index (χ4n) is 1.14. The predicted octanol–water partition coefficient (Wildman–Crippen LogP) is 1.13. The molecule has 0 aliphatic rings. The first kappa shape index (κ1) is 12.0. The zero-order valence-electron chi connectivity index (χ0n) is 8.86. The number of hydrogen-bond acceptors (Lipinski definition) is 3. The highest BCUT2D eigenvalue weighted by molar-refractivity contribution is 7.88. The maximum absolute atomic E-state index is 11.2. The van der Waals surface area contributed by atoms with E-state index in [9.17, 15) is 8.42 Å². The lowest BCUT2D eigenvalue weighted by atomic mass is 10.2. The van der Waals surface area contributed by atoms with Crippen LogP contribution in [-0.4, -0.2) is 22.1 Å². The third kappa shape index (κ3) is 3.89. The highest BCUT2D eigenvalue weighted by Crippen LogP contribution is 2.13. The molecular weight excluding hydrogens is 214 g/mol. The van der Waals surface area contributed by atoms with Gasteiger partial charge in [0.1, 0.15) is 5.75 Å². The van der Waals surface area contributed by atoms with Crippen molar-refractivity contribution in [2.75, 3.05) is 13.7 Å². The van der Waals surface area contributed by atoms with Gasteiger partial charge in [-0.15, -0.1) is 0 Å². The Morgan fingerprint density at radius 3 is 2.33 bits per heavy atom. The van der Waals surface area contributed by atoms with Crippen molar-refractivity contribution < 1.29 is 13.2 Å². The van der Waals surface area contributed by atoms with Crippen molar-refractivity contribution >= 4 is 10.0 Å². The third-order valence-corrected chi connectivity index (χ3v) is 3.24. The van der Waals surface area contributed by atoms with Gasteiger partial charge in [-0.2, -0.15) is 0 Å². The monoisotopic (exact) mass is 229 g/mol. The summed E-state index contributed by atoms with van der Waals surface area (Å²) < 4.78 is 30.0. The number of rotatable bonds is 5. The molecule has 0 aromatic heterocycles. The molecule has 0 radical (unpaired) electrons. The first-order valence-electron chi connectivity index (χ1n) is 4.70. The summed E-state index contributed by atoms with van der Waals surface area (Å²) in [5, 5.41) is 0. The summed E-state index contributed by atoms with van der Waals surface area (Å²) in [7, 11) is -1.78. The van der Waals surface area contributed by atoms with E-state index < -0.39 is 10.0 Å². The minimum absolute atomic E-state index is 0.00406. The summed E-state index contributed by atoms with van der Waals surface area (Å²) in [5.41, 5.74) is 0.743. The van der Waals surface area contributed by atoms with Crippen LogP contribution in [0.5, 0.6) is 5.75 Å². The number of hydrogen-bond donors (Lipinski definition) is 1. The van der Waals surface area contributed by atoms with Crippen molar-refractivity contribution in [1.82, 2.24) is 4.72 Å². The van der Waals surface area contributed by atoms with Crippen molar-refractivity contribution in [1.29, 1.82) is 0 Å². The molecule has 4 nitrogen and oxygen atoms in total. The van der Waals surface area contributed by atoms with Gasteiger partial charge in [0.2, 0.25) is 10.0 Å². The molecular formula is C10H15NO3S. The normalized spacial score (nSPS) is 11.3. The standard InChI is InChI=1S/C10H15NO3S/c1-3-14-10-6-4-9(5-7-10)8-15(12,13)11-2/h4-7,11H,3,8H2,1-2H3. The molecule has 0 saturated carbocycles. The van der Waals surface area contributed by atoms with E-state index in [0.717, 1.165) is 11.3 Å². The number of ether oxygens (including phenoxy) is 1. The van der Waals surface area contributed by atoms with Gasteiger partial charge >= 0.3 is 0 Å². The van der Waals surface area contributed by atoms with Gasteiger partial charge < -0.3 is 4.74 Å². The van der Waals surface area contributed by atoms with E-state index in [4.69, 9.17) is 4.74 Å². The number of sulfonamides is 1. The summed E-state index contributed by atoms with van der Waals surface area (Å²) in [4.78, 5) is 0. The Morgan fingerprint density at radius 2 is 1.87 bits per heavy atom. The second-order valence-corrected chi connectivity index (χ2v) is 4.97. The van der Waals surface area contributed by atoms with Crippen molar-refractivity contribution in [3.63, 3.8) is 0 Å². The van der Waals surface area contributed by atoms with E-state index >= 15 is 0 Å². The van der Waals surface area contributed by atoms with Crippen LogP contribution >= 0.6 is 0 Å². The Balaban J connectivity index is 2.73. The quantitative estimate of drug-likeness (QED) is 0.823. The van der Waals surface area contributed by atoms with Crippen LogP contribution < -0.4 is 9.46 Å². The van der Waals surface area contributed by atoms with Crippen LogP contribution in [0, 0.1) is 0 Å². The molecule has 0 atom stereocenters. The van der Waals surface area contributed by atoms with Crippen molar-refractivity contribution in [3.05, 3.63) is 29.8 Å². The highest BCUT2D eigenvalue weighted by Gasteiger charge is 2.07. The maximum atomic E-state index is 11.2. The van der Waals surface area contributed by atoms with Crippen LogP contribution in [-0.2, 0) is 15.8 Å². The molecule has 1 N–H and O–H groups in total. The Kier molecular flexibility index (Phi) is 4.11. The zero-order valence-corrected chi connectivity index (χ0v) is 9.67. The molecule has 0 saturated heterocycles. The average molecular weight is 229 g/mol. The fourth-order valence-corrected chi connectivity index (χ4v) is 1.92. The highest BCUT2D eigenvalue weighted by atomic mass is 32.2. The first-order chi connectivity index (χ1) is 7.07. The lowest BCUT2D eigenvalue weighted by molar-refractivity contribution is 0.340. The molecule has 0 unspecified atom stereocenters. The van der Waals surface area contributed by atoms with Crippen LogP contribution in [0.1, 0.15) is 12.5 Å². The minimum atomic E-state index is -3.19. The van der Waals surface area contributed by atoms with E-state index in [2.05, 4.69) is 4.72 Å². The van der Waals surface area contributed by atoms with Gasteiger partial charge in [0.25, 0.3) is 0 Å². The summed E-state index contributed by atoms with van der Waals surface area (Å²) in [6.07, 6.45) is 0. The summed E-state index contributed by atoms with van der Waals surface area (Å²) in [5.74, 6) is 0.749. The average Bonchev–Trinajstić information content (AvgIpc) is 2.21. The topological polar surface area (TPSA) is 55.4 Å². The molecule has 1 aromatic carbocycles. The second kappa shape index (κ2) is 5.14. The van der Waals surface area contributed by atoms with Crippen LogP contribution in [0.3, 0.4) is 0 Å². The van der Waals surface area contributed by atoms with Gasteiger partial charge in [-0.25, -0.2) is 13.1 Å². The van der Waals surface area contributed by atoms with Gasteiger partial charge in [-0.05, 0) is 31.7 Å². The molecule has 5 heteroatoms. The molecule has 84 valence electrons. The van der Waals surface area contributed by atoms with Crippen LogP contribution in [0.15, 0.2) is 24.3 Å². The largest absolute Gasteiger partial charge is 0.494 e. The van der Waals surface area contributed by atoms with Gasteiger partial charge in [-0.1, -0.05) is 12.1 Å². The van der Waals surface area contributed by atoms with E-state index in [1.54, 1.807) is 24.3 Å². The number of benzene rings is 1. The van der Waals surface area contributed by atoms with Gasteiger partial charge in [0.15, 0.2) is 0 Å². The van der Waals surface area contributed by atoms with Gasteiger partial charge in [0, 0.05) is 0 Å². The van der Waals surface area contributed by atoms with E-state index in [1.165, 1.54) is 7.05 Å². The lowest BCUT2D eigenvalue weighted by Crippen LogP contribution is -2.20. The molecule has 0 spiro atoms. The Morgan fingerprint density at radius 1 is 1.27 bits per heavy atom. The van der Waals surface area contributed by atoms with Crippen molar-refractivity contribution in [2.45, 2.75) is 12.7 Å². The SMILES string of the molecule is CCOc1ccc(CS(=O)(=O)NC)cc1. The van der Waals surface area contributed by atoms with Gasteiger partial charge in [-0.3, -0.25) is 0 Å². The summed E-state index contributed by atoms with van der Waals surface area (Å²) in [6.45, 7) is 2.51. The van der Waals surface area contributed by atoms with Crippen molar-refractivity contribution in [3.8, 4) is 5.75 Å². The molecule has 0 aliphatic carbocycles. The van der Waals surface area contributed by atoms with E-state index in [-0.39, 0.29) is 5.75 Å². The molecule has 0 aliphatic heterocycles. The van der Waals surface area contributed by atoms with Crippen LogP contribution in [0.4, 0.5) is 0 Å². The zero-order chi connectivity index (χ0) is 11.3. The van der Waals surface area contributed by atoms with E-state index in [1.807, 2.05) is 6.92 Å². The summed E-state index contributed by atoms with van der Waals surface area (Å²) >= 11 is 0. The first-order valence-corrected chi connectivity index (χ1v) is 6.35. The van der Waals surface area contributed by atoms with Crippen LogP contribution in [0.2, 0.25) is 0 Å². The maximum Gasteiger partial charge on any atom is 0.215 e. The Hall–Kier alpha value is -1.07. The molecule has 0 fully saturated rings. The number of nitrogens with one attached hydrogen (secondary N) is 1. The third-order valence-electron chi connectivity index (χ3n) is 1.90. The Bertz CT molecular complexity index is 397. The molecule has 0 amide bonds. The fraction of sp³-hybridized carbons (Fsp3) is 0.400. The molecule has 0 bridgehead atoms. The Labute approximate surface area is 90.3 Å². The van der Waals surface area contributed by atoms with Crippen LogP contribution in [0.25, 0.3) is 0 Å². The lowest BCUT2D eigenvalue weighted by Gasteiger charge is -2.05. The summed E-state index contributed by atoms with van der Waals surface area (Å²) in [6, 6.07) is 7.04.